The molecule has 0 saturated heterocycles. The van der Waals surface area contributed by atoms with Crippen molar-refractivity contribution in [2.24, 2.45) is 0 Å². The van der Waals surface area contributed by atoms with Gasteiger partial charge in [-0.05, 0) is 85.1 Å². The van der Waals surface area contributed by atoms with Crippen molar-refractivity contribution < 1.29 is 14.0 Å². The lowest BCUT2D eigenvalue weighted by molar-refractivity contribution is -0.115. The Morgan fingerprint density at radius 1 is 0.800 bits per heavy atom. The predicted molar refractivity (Wildman–Crippen MR) is 140 cm³/mol. The first-order valence-electron chi connectivity index (χ1n) is 11.2. The summed E-state index contributed by atoms with van der Waals surface area (Å²) in [6.45, 7) is 3.97. The minimum atomic E-state index is -0.462. The van der Waals surface area contributed by atoms with Gasteiger partial charge in [-0.2, -0.15) is 0 Å². The van der Waals surface area contributed by atoms with Crippen molar-refractivity contribution in [3.63, 3.8) is 0 Å². The van der Waals surface area contributed by atoms with Gasteiger partial charge >= 0.3 is 0 Å². The Bertz CT molecular complexity index is 1320. The smallest absolute Gasteiger partial charge is 0.255 e. The van der Waals surface area contributed by atoms with Gasteiger partial charge in [0.25, 0.3) is 5.91 Å². The summed E-state index contributed by atoms with van der Waals surface area (Å²) in [7, 11) is 0. The van der Waals surface area contributed by atoms with Gasteiger partial charge < -0.3 is 10.6 Å². The fraction of sp³-hybridized carbons (Fsp3) is 0.103. The number of benzene rings is 4. The molecule has 4 aromatic rings. The normalized spacial score (nSPS) is 11.5. The second-order valence-electron chi connectivity index (χ2n) is 8.20. The average Bonchev–Trinajstić information content (AvgIpc) is 2.86. The molecule has 2 N–H and O–H groups in total. The van der Waals surface area contributed by atoms with Gasteiger partial charge in [0.15, 0.2) is 0 Å². The summed E-state index contributed by atoms with van der Waals surface area (Å²) >= 11 is 1.44. The zero-order valence-electron chi connectivity index (χ0n) is 19.4. The van der Waals surface area contributed by atoms with Gasteiger partial charge in [-0.3, -0.25) is 9.59 Å². The van der Waals surface area contributed by atoms with E-state index in [4.69, 9.17) is 0 Å². The Morgan fingerprint density at radius 2 is 1.49 bits per heavy atom. The zero-order chi connectivity index (χ0) is 24.8. The van der Waals surface area contributed by atoms with Crippen LogP contribution in [-0.4, -0.2) is 11.8 Å². The molecule has 4 aromatic carbocycles. The van der Waals surface area contributed by atoms with E-state index >= 15 is 0 Å². The number of carbonyl (C=O) groups excluding carboxylic acids is 2. The molecule has 0 radical (unpaired) electrons. The van der Waals surface area contributed by atoms with Crippen molar-refractivity contribution in [2.45, 2.75) is 24.0 Å². The first kappa shape index (κ1) is 24.2. The van der Waals surface area contributed by atoms with Crippen LogP contribution in [0.15, 0.2) is 102 Å². The minimum absolute atomic E-state index is 0.108. The molecule has 0 aromatic heterocycles. The Kier molecular flexibility index (Phi) is 7.63. The molecule has 0 aliphatic carbocycles. The van der Waals surface area contributed by atoms with Crippen LogP contribution in [0.2, 0.25) is 0 Å². The fourth-order valence-electron chi connectivity index (χ4n) is 3.53. The van der Waals surface area contributed by atoms with Gasteiger partial charge in [0, 0.05) is 21.8 Å². The number of nitrogens with one attached hydrogen (secondary N) is 2. The van der Waals surface area contributed by atoms with Crippen molar-refractivity contribution in [1.82, 2.24) is 0 Å². The number of hydrogen-bond donors (Lipinski definition) is 2. The lowest BCUT2D eigenvalue weighted by atomic mass is 10.1. The summed E-state index contributed by atoms with van der Waals surface area (Å²) in [5.41, 5.74) is 4.76. The molecular weight excluding hydrogens is 459 g/mol. The number of rotatable bonds is 7. The highest BCUT2D eigenvalue weighted by molar-refractivity contribution is 8.00. The monoisotopic (exact) mass is 484 g/mol. The highest BCUT2D eigenvalue weighted by Crippen LogP contribution is 2.37. The molecule has 2 amide bonds. The molecule has 1 unspecified atom stereocenters. The van der Waals surface area contributed by atoms with Crippen LogP contribution in [-0.2, 0) is 4.79 Å². The maximum atomic E-state index is 13.4. The predicted octanol–water partition coefficient (Wildman–Crippen LogP) is 7.17. The van der Waals surface area contributed by atoms with Gasteiger partial charge in [0.1, 0.15) is 11.1 Å². The van der Waals surface area contributed by atoms with Crippen LogP contribution in [0.25, 0.3) is 0 Å². The molecular formula is C29H25FN2O2S. The van der Waals surface area contributed by atoms with E-state index in [0.717, 1.165) is 27.3 Å². The topological polar surface area (TPSA) is 58.2 Å². The number of amides is 2. The van der Waals surface area contributed by atoms with Crippen LogP contribution in [0.4, 0.5) is 15.8 Å². The van der Waals surface area contributed by atoms with Gasteiger partial charge in [0.05, 0.1) is 0 Å². The third-order valence-corrected chi connectivity index (χ3v) is 6.73. The van der Waals surface area contributed by atoms with E-state index in [1.807, 2.05) is 74.5 Å². The second kappa shape index (κ2) is 11.0. The molecule has 0 bridgehead atoms. The van der Waals surface area contributed by atoms with Gasteiger partial charge in [-0.25, -0.2) is 4.39 Å². The Balaban J connectivity index is 1.50. The quantitative estimate of drug-likeness (QED) is 0.274. The highest BCUT2D eigenvalue weighted by atomic mass is 32.2. The number of halogens is 1. The summed E-state index contributed by atoms with van der Waals surface area (Å²) < 4.78 is 13.1. The van der Waals surface area contributed by atoms with Gasteiger partial charge in [0.2, 0.25) is 5.91 Å². The molecule has 35 heavy (non-hydrogen) atoms. The van der Waals surface area contributed by atoms with Gasteiger partial charge in [-0.15, -0.1) is 11.8 Å². The van der Waals surface area contributed by atoms with Crippen LogP contribution in [0.1, 0.15) is 32.3 Å². The van der Waals surface area contributed by atoms with Crippen LogP contribution >= 0.6 is 11.8 Å². The lowest BCUT2D eigenvalue weighted by Crippen LogP contribution is -2.19. The molecule has 6 heteroatoms. The number of carbonyl (C=O) groups is 2. The van der Waals surface area contributed by atoms with E-state index in [2.05, 4.69) is 10.6 Å². The Morgan fingerprint density at radius 3 is 2.17 bits per heavy atom. The number of thioether (sulfide) groups is 1. The molecule has 0 aliphatic rings. The molecule has 1 atom stereocenters. The van der Waals surface area contributed by atoms with E-state index in [1.54, 1.807) is 12.1 Å². The first-order valence-corrected chi connectivity index (χ1v) is 12.0. The van der Waals surface area contributed by atoms with E-state index in [9.17, 15) is 14.0 Å². The summed E-state index contributed by atoms with van der Waals surface area (Å²) in [5, 5.41) is 5.43. The SMILES string of the molecule is Cc1ccc(C)c(NC(=O)C(Sc2ccc(NC(=O)c3ccc(F)cc3)cc2)c2ccccc2)c1. The largest absolute Gasteiger partial charge is 0.325 e. The first-order chi connectivity index (χ1) is 16.9. The van der Waals surface area contributed by atoms with Crippen molar-refractivity contribution >= 4 is 35.0 Å². The third-order valence-electron chi connectivity index (χ3n) is 5.46. The molecule has 0 spiro atoms. The maximum Gasteiger partial charge on any atom is 0.255 e. The molecule has 0 saturated carbocycles. The third kappa shape index (κ3) is 6.37. The highest BCUT2D eigenvalue weighted by Gasteiger charge is 2.23. The lowest BCUT2D eigenvalue weighted by Gasteiger charge is -2.18. The van der Waals surface area contributed by atoms with Crippen molar-refractivity contribution in [2.75, 3.05) is 10.6 Å². The summed E-state index contributed by atoms with van der Waals surface area (Å²) in [5.74, 6) is -0.818. The number of hydrogen-bond acceptors (Lipinski definition) is 3. The molecule has 0 aliphatic heterocycles. The summed E-state index contributed by atoms with van der Waals surface area (Å²) in [4.78, 5) is 26.6. The van der Waals surface area contributed by atoms with E-state index < -0.39 is 11.1 Å². The Labute approximate surface area is 208 Å². The van der Waals surface area contributed by atoms with Crippen LogP contribution in [0.3, 0.4) is 0 Å². The number of aryl methyl sites for hydroxylation is 2. The molecule has 0 heterocycles. The van der Waals surface area contributed by atoms with Crippen LogP contribution < -0.4 is 10.6 Å². The standard InChI is InChI=1S/C29H25FN2O2S/c1-19-8-9-20(2)26(18-19)32-29(34)27(21-6-4-3-5-7-21)35-25-16-14-24(15-17-25)31-28(33)22-10-12-23(30)13-11-22/h3-18,27H,1-2H3,(H,31,33)(H,32,34). The van der Waals surface area contributed by atoms with E-state index in [-0.39, 0.29) is 11.8 Å². The maximum absolute atomic E-state index is 13.4. The van der Waals surface area contributed by atoms with Crippen LogP contribution in [0.5, 0.6) is 0 Å². The van der Waals surface area contributed by atoms with Crippen molar-refractivity contribution in [1.29, 1.82) is 0 Å². The van der Waals surface area contributed by atoms with E-state index in [0.29, 0.717) is 11.3 Å². The summed E-state index contributed by atoms with van der Waals surface area (Å²) in [6, 6.07) is 28.3. The zero-order valence-corrected chi connectivity index (χ0v) is 20.2. The molecule has 0 fully saturated rings. The average molecular weight is 485 g/mol. The van der Waals surface area contributed by atoms with Gasteiger partial charge in [-0.1, -0.05) is 42.5 Å². The fourth-order valence-corrected chi connectivity index (χ4v) is 4.55. The Hall–Kier alpha value is -3.90. The van der Waals surface area contributed by atoms with Crippen molar-refractivity contribution in [3.05, 3.63) is 125 Å². The van der Waals surface area contributed by atoms with Crippen molar-refractivity contribution in [3.8, 4) is 0 Å². The minimum Gasteiger partial charge on any atom is -0.325 e. The molecule has 176 valence electrons. The van der Waals surface area contributed by atoms with Crippen LogP contribution in [0, 0.1) is 19.7 Å². The van der Waals surface area contributed by atoms with E-state index in [1.165, 1.54) is 36.0 Å². The summed E-state index contributed by atoms with van der Waals surface area (Å²) in [6.07, 6.45) is 0. The second-order valence-corrected chi connectivity index (χ2v) is 9.38. The number of anilines is 2. The molecule has 4 nitrogen and oxygen atoms in total. The molecule has 4 rings (SSSR count).